The Kier molecular flexibility index (Phi) is 10.4. The number of nitrogens with zero attached hydrogens (tertiary/aromatic N) is 4. The number of aromatic nitrogens is 2. The Morgan fingerprint density at radius 2 is 1.93 bits per heavy atom. The summed E-state index contributed by atoms with van der Waals surface area (Å²) in [5.74, 6) is 0.0439. The fraction of sp³-hybridized carbons (Fsp3) is 0.357. The molecule has 10 nitrogen and oxygen atoms in total. The van der Waals surface area contributed by atoms with E-state index in [9.17, 15) is 14.0 Å². The highest BCUT2D eigenvalue weighted by Crippen LogP contribution is 2.34. The van der Waals surface area contributed by atoms with E-state index in [1.165, 1.54) is 18.5 Å². The van der Waals surface area contributed by atoms with Crippen molar-refractivity contribution in [1.29, 1.82) is 0 Å². The van der Waals surface area contributed by atoms with Gasteiger partial charge >= 0.3 is 5.97 Å². The van der Waals surface area contributed by atoms with Gasteiger partial charge in [0.2, 0.25) is 5.91 Å². The first-order valence-electron chi connectivity index (χ1n) is 13.0. The van der Waals surface area contributed by atoms with Crippen LogP contribution in [0, 0.1) is 5.82 Å². The monoisotopic (exact) mass is 614 g/mol. The molecule has 1 aromatic heterocycles. The molecule has 40 heavy (non-hydrogen) atoms. The van der Waals surface area contributed by atoms with Gasteiger partial charge in [-0.1, -0.05) is 6.58 Å². The van der Waals surface area contributed by atoms with Crippen LogP contribution in [0.1, 0.15) is 13.3 Å². The van der Waals surface area contributed by atoms with Gasteiger partial charge in [0.05, 0.1) is 35.4 Å². The smallest absolute Gasteiger partial charge is 0.320 e. The molecule has 0 unspecified atom stereocenters. The van der Waals surface area contributed by atoms with Crippen molar-refractivity contribution in [3.8, 4) is 5.75 Å². The van der Waals surface area contributed by atoms with Gasteiger partial charge in [0.1, 0.15) is 23.7 Å². The molecule has 1 aliphatic heterocycles. The van der Waals surface area contributed by atoms with E-state index in [1.807, 2.05) is 6.92 Å². The molecule has 2 N–H and O–H groups in total. The fourth-order valence-electron chi connectivity index (χ4n) is 4.33. The van der Waals surface area contributed by atoms with Gasteiger partial charge in [0.15, 0.2) is 0 Å². The number of nitrogens with one attached hydrogen (secondary N) is 2. The van der Waals surface area contributed by atoms with Crippen molar-refractivity contribution in [2.45, 2.75) is 13.3 Å². The topological polar surface area (TPSA) is 109 Å². The number of ether oxygens (including phenoxy) is 2. The van der Waals surface area contributed by atoms with Crippen LogP contribution in [0.25, 0.3) is 10.9 Å². The number of hydrogen-bond donors (Lipinski definition) is 2. The highest BCUT2D eigenvalue weighted by atomic mass is 79.9. The van der Waals surface area contributed by atoms with Crippen molar-refractivity contribution in [3.63, 3.8) is 0 Å². The second-order valence-corrected chi connectivity index (χ2v) is 10.0. The first kappa shape index (κ1) is 29.4. The van der Waals surface area contributed by atoms with Gasteiger partial charge in [-0.25, -0.2) is 14.4 Å². The Morgan fingerprint density at radius 3 is 2.65 bits per heavy atom. The van der Waals surface area contributed by atoms with E-state index in [0.717, 1.165) is 39.1 Å². The average Bonchev–Trinajstić information content (AvgIpc) is 2.94. The lowest BCUT2D eigenvalue weighted by Gasteiger charge is -2.34. The van der Waals surface area contributed by atoms with Crippen molar-refractivity contribution in [3.05, 3.63) is 59.6 Å². The standard InChI is InChI=1S/C28H32BrFN6O4/c1-3-26(37)34-24-15-20-23(31-18-32-28(20)33-19-6-7-22(30)21(29)14-19)16-25(24)40-13-5-8-35-9-11-36(12-10-35)17-27(38)39-4-2/h3,6-7,14-16,18H,1,4-5,8-13,17H2,2H3,(H,34,37)(H,31,32,33). The number of carbonyl (C=O) groups is 2. The van der Waals surface area contributed by atoms with Gasteiger partial charge in [0, 0.05) is 49.9 Å². The predicted molar refractivity (Wildman–Crippen MR) is 155 cm³/mol. The van der Waals surface area contributed by atoms with Crippen LogP contribution in [0.4, 0.5) is 21.6 Å². The van der Waals surface area contributed by atoms with E-state index in [2.05, 4.69) is 52.9 Å². The van der Waals surface area contributed by atoms with Gasteiger partial charge < -0.3 is 25.0 Å². The molecule has 1 saturated heterocycles. The van der Waals surface area contributed by atoms with Crippen LogP contribution in [0.3, 0.4) is 0 Å². The van der Waals surface area contributed by atoms with Gasteiger partial charge in [-0.15, -0.1) is 0 Å². The molecule has 0 atom stereocenters. The number of benzene rings is 2. The maximum atomic E-state index is 13.7. The molecule has 4 rings (SSSR count). The van der Waals surface area contributed by atoms with Crippen LogP contribution in [0.5, 0.6) is 5.75 Å². The molecule has 0 radical (unpaired) electrons. The Labute approximate surface area is 240 Å². The molecule has 1 fully saturated rings. The third-order valence-corrected chi connectivity index (χ3v) is 6.97. The molecular weight excluding hydrogens is 583 g/mol. The van der Waals surface area contributed by atoms with Crippen molar-refractivity contribution in [2.24, 2.45) is 0 Å². The van der Waals surface area contributed by atoms with Crippen LogP contribution in [0.2, 0.25) is 0 Å². The van der Waals surface area contributed by atoms with Crippen molar-refractivity contribution < 1.29 is 23.5 Å². The number of carbonyl (C=O) groups excluding carboxylic acids is 2. The number of esters is 1. The molecule has 0 saturated carbocycles. The largest absolute Gasteiger partial charge is 0.491 e. The summed E-state index contributed by atoms with van der Waals surface area (Å²) in [7, 11) is 0. The van der Waals surface area contributed by atoms with Gasteiger partial charge in [0.25, 0.3) is 0 Å². The zero-order valence-electron chi connectivity index (χ0n) is 22.3. The number of hydrogen-bond acceptors (Lipinski definition) is 9. The lowest BCUT2D eigenvalue weighted by molar-refractivity contribution is -0.144. The zero-order chi connectivity index (χ0) is 28.5. The number of halogens is 2. The van der Waals surface area contributed by atoms with E-state index in [4.69, 9.17) is 9.47 Å². The summed E-state index contributed by atoms with van der Waals surface area (Å²) in [5.41, 5.74) is 1.71. The Balaban J connectivity index is 1.40. The van der Waals surface area contributed by atoms with Crippen molar-refractivity contribution in [2.75, 3.05) is 63.1 Å². The maximum Gasteiger partial charge on any atom is 0.320 e. The second kappa shape index (κ2) is 14.1. The molecule has 2 heterocycles. The average molecular weight is 616 g/mol. The van der Waals surface area contributed by atoms with Crippen LogP contribution < -0.4 is 15.4 Å². The zero-order valence-corrected chi connectivity index (χ0v) is 23.9. The molecule has 0 aliphatic carbocycles. The van der Waals surface area contributed by atoms with Gasteiger partial charge in [-0.2, -0.15) is 0 Å². The van der Waals surface area contributed by atoms with Crippen LogP contribution >= 0.6 is 15.9 Å². The summed E-state index contributed by atoms with van der Waals surface area (Å²) < 4.78 is 25.1. The molecule has 12 heteroatoms. The molecule has 2 aromatic carbocycles. The van der Waals surface area contributed by atoms with Gasteiger partial charge in [-0.05, 0) is 59.6 Å². The summed E-state index contributed by atoms with van der Waals surface area (Å²) in [5, 5.41) is 6.63. The number of anilines is 3. The number of amides is 1. The van der Waals surface area contributed by atoms with E-state index >= 15 is 0 Å². The molecule has 212 valence electrons. The minimum absolute atomic E-state index is 0.184. The highest BCUT2D eigenvalue weighted by molar-refractivity contribution is 9.10. The van der Waals surface area contributed by atoms with E-state index < -0.39 is 0 Å². The minimum Gasteiger partial charge on any atom is -0.491 e. The second-order valence-electron chi connectivity index (χ2n) is 9.16. The molecule has 0 bridgehead atoms. The van der Waals surface area contributed by atoms with Crippen LogP contribution in [-0.2, 0) is 14.3 Å². The molecule has 1 amide bonds. The Morgan fingerprint density at radius 1 is 1.15 bits per heavy atom. The van der Waals surface area contributed by atoms with Gasteiger partial charge in [-0.3, -0.25) is 14.5 Å². The SMILES string of the molecule is C=CC(=O)Nc1cc2c(Nc3ccc(F)c(Br)c3)ncnc2cc1OCCCN1CCN(CC(=O)OCC)CC1. The fourth-order valence-corrected chi connectivity index (χ4v) is 4.70. The highest BCUT2D eigenvalue weighted by Gasteiger charge is 2.19. The predicted octanol–water partition coefficient (Wildman–Crippen LogP) is 4.35. The van der Waals surface area contributed by atoms with E-state index in [0.29, 0.717) is 58.1 Å². The first-order chi connectivity index (χ1) is 19.4. The first-order valence-corrected chi connectivity index (χ1v) is 13.8. The molecule has 3 aromatic rings. The lowest BCUT2D eigenvalue weighted by Crippen LogP contribution is -2.48. The van der Waals surface area contributed by atoms with Crippen molar-refractivity contribution >= 4 is 55.9 Å². The third-order valence-electron chi connectivity index (χ3n) is 6.36. The molecule has 0 spiro atoms. The van der Waals surface area contributed by atoms with E-state index in [-0.39, 0.29) is 17.7 Å². The maximum absolute atomic E-state index is 13.7. The van der Waals surface area contributed by atoms with E-state index in [1.54, 1.807) is 24.3 Å². The Hall–Kier alpha value is -3.61. The van der Waals surface area contributed by atoms with Crippen molar-refractivity contribution in [1.82, 2.24) is 19.8 Å². The summed E-state index contributed by atoms with van der Waals surface area (Å²) in [6.07, 6.45) is 3.39. The molecular formula is C28H32BrFN6O4. The van der Waals surface area contributed by atoms with Crippen LogP contribution in [0.15, 0.2) is 53.8 Å². The minimum atomic E-state index is -0.376. The number of fused-ring (bicyclic) bond motifs is 1. The normalized spacial score (nSPS) is 14.1. The summed E-state index contributed by atoms with van der Waals surface area (Å²) in [4.78, 5) is 37.0. The molecule has 1 aliphatic rings. The summed E-state index contributed by atoms with van der Waals surface area (Å²) in [6.45, 7) is 10.7. The summed E-state index contributed by atoms with van der Waals surface area (Å²) >= 11 is 3.19. The van der Waals surface area contributed by atoms with Crippen LogP contribution in [-0.4, -0.2) is 84.1 Å². The Bertz CT molecular complexity index is 1370. The summed E-state index contributed by atoms with van der Waals surface area (Å²) in [6, 6.07) is 8.07. The number of piperazine rings is 1. The third kappa shape index (κ3) is 7.96. The quantitative estimate of drug-likeness (QED) is 0.175. The lowest BCUT2D eigenvalue weighted by atomic mass is 10.1. The number of rotatable bonds is 12.